The van der Waals surface area contributed by atoms with Crippen molar-refractivity contribution in [2.75, 3.05) is 19.8 Å². The molecular weight excluding hydrogens is 620 g/mol. The Morgan fingerprint density at radius 1 is 0.429 bits per heavy atom. The Morgan fingerprint density at radius 2 is 0.673 bits per heavy atom. The van der Waals surface area contributed by atoms with E-state index in [0.717, 1.165) is 22.3 Å². The molecule has 0 amide bonds. The van der Waals surface area contributed by atoms with Gasteiger partial charge in [-0.1, -0.05) is 104 Å². The molecule has 8 heteroatoms. The highest BCUT2D eigenvalue weighted by atomic mass is 16.5. The van der Waals surface area contributed by atoms with E-state index in [4.69, 9.17) is 35.4 Å². The van der Waals surface area contributed by atoms with Gasteiger partial charge in [-0.05, 0) is 90.0 Å². The van der Waals surface area contributed by atoms with Crippen molar-refractivity contribution in [1.29, 1.82) is 0 Å². The van der Waals surface area contributed by atoms with Crippen molar-refractivity contribution in [2.24, 2.45) is 0 Å². The fraction of sp³-hybridized carbons (Fsp3) is 0.390. The van der Waals surface area contributed by atoms with Gasteiger partial charge in [0.25, 0.3) is 0 Å². The maximum atomic E-state index is 11.6. The number of phenols is 4. The number of aliphatic hydroxyl groups is 2. The van der Waals surface area contributed by atoms with Crippen LogP contribution in [0.15, 0.2) is 97.1 Å². The van der Waals surface area contributed by atoms with Crippen LogP contribution < -0.4 is 0 Å². The number of aliphatic hydroxyl groups excluding tert-OH is 2. The summed E-state index contributed by atoms with van der Waals surface area (Å²) in [4.78, 5) is 11.6. The van der Waals surface area contributed by atoms with Crippen LogP contribution in [-0.4, -0.2) is 56.4 Å². The molecule has 49 heavy (non-hydrogen) atoms. The summed E-state index contributed by atoms with van der Waals surface area (Å²) in [6, 6.07) is 27.3. The molecule has 0 spiro atoms. The third-order valence-corrected chi connectivity index (χ3v) is 5.82. The summed E-state index contributed by atoms with van der Waals surface area (Å²) in [5.74, 6) is 0.741. The van der Waals surface area contributed by atoms with Crippen LogP contribution >= 0.6 is 0 Å². The van der Waals surface area contributed by atoms with E-state index in [1.165, 1.54) is 0 Å². The molecule has 274 valence electrons. The Hall–Kier alpha value is -4.53. The first kappa shape index (κ1) is 48.9. The second-order valence-electron chi connectivity index (χ2n) is 9.08. The molecule has 6 N–H and O–H groups in total. The fourth-order valence-corrected chi connectivity index (χ4v) is 3.51. The molecule has 0 fully saturated rings. The summed E-state index contributed by atoms with van der Waals surface area (Å²) in [6.07, 6.45) is 2.85. The minimum atomic E-state index is -0.234. The Kier molecular flexibility index (Phi) is 34.7. The van der Waals surface area contributed by atoms with E-state index in [0.29, 0.717) is 38.7 Å². The number of esters is 1. The van der Waals surface area contributed by atoms with Crippen LogP contribution in [0.2, 0.25) is 0 Å². The number of carbonyl (C=O) groups excluding carboxylic acids is 1. The van der Waals surface area contributed by atoms with Crippen LogP contribution in [0.25, 0.3) is 0 Å². The predicted octanol–water partition coefficient (Wildman–Crippen LogP) is 8.78. The lowest BCUT2D eigenvalue weighted by atomic mass is 10.1. The van der Waals surface area contributed by atoms with Gasteiger partial charge in [-0.25, -0.2) is 0 Å². The maximum Gasteiger partial charge on any atom is 0.306 e. The molecule has 0 heterocycles. The highest BCUT2D eigenvalue weighted by Crippen LogP contribution is 2.13. The lowest BCUT2D eigenvalue weighted by molar-refractivity contribution is -0.143. The fourth-order valence-electron chi connectivity index (χ4n) is 3.51. The first-order valence-electron chi connectivity index (χ1n) is 17.3. The second-order valence-corrected chi connectivity index (χ2v) is 9.08. The van der Waals surface area contributed by atoms with Gasteiger partial charge >= 0.3 is 5.97 Å². The number of aryl methyl sites for hydroxylation is 1. The molecule has 0 unspecified atom stereocenters. The highest BCUT2D eigenvalue weighted by molar-refractivity contribution is 5.69. The van der Waals surface area contributed by atoms with Crippen LogP contribution in [-0.2, 0) is 35.2 Å². The van der Waals surface area contributed by atoms with Crippen molar-refractivity contribution in [3.05, 3.63) is 119 Å². The molecule has 0 aromatic heterocycles. The van der Waals surface area contributed by atoms with Crippen LogP contribution in [0.3, 0.4) is 0 Å². The number of carbonyl (C=O) groups is 1. The standard InChI is InChI=1S/C17H18O4.2C8H10O2.4C2H6/c18-15-6-1-13(2-7-15)5-10-17(20)21-12-11-14-3-8-16(19)9-4-14;2*9-6-5-7-1-3-8(10)4-2-7;4*1-2/h1-4,6-9,18-19H,5,10-12H2;2*1-4,9-10H,5-6H2;4*1-2H3. The molecule has 0 atom stereocenters. The summed E-state index contributed by atoms with van der Waals surface area (Å²) in [5, 5.41) is 53.1. The zero-order valence-electron chi connectivity index (χ0n) is 30.9. The number of aromatic hydroxyl groups is 4. The topological polar surface area (TPSA) is 148 Å². The van der Waals surface area contributed by atoms with Crippen molar-refractivity contribution >= 4 is 5.97 Å². The first-order chi connectivity index (χ1) is 23.8. The van der Waals surface area contributed by atoms with Gasteiger partial charge in [0.15, 0.2) is 0 Å². The predicted molar refractivity (Wildman–Crippen MR) is 202 cm³/mol. The average molecular weight is 683 g/mol. The third kappa shape index (κ3) is 27.2. The van der Waals surface area contributed by atoms with Crippen molar-refractivity contribution in [2.45, 2.75) is 87.5 Å². The van der Waals surface area contributed by atoms with Gasteiger partial charge in [-0.2, -0.15) is 0 Å². The number of hydrogen-bond donors (Lipinski definition) is 6. The number of ether oxygens (including phenoxy) is 1. The van der Waals surface area contributed by atoms with E-state index in [-0.39, 0.29) is 42.2 Å². The number of benzene rings is 4. The summed E-state index contributed by atoms with van der Waals surface area (Å²) in [6.45, 7) is 16.6. The average Bonchev–Trinajstić information content (AvgIpc) is 3.15. The summed E-state index contributed by atoms with van der Waals surface area (Å²) in [7, 11) is 0. The molecule has 4 rings (SSSR count). The molecule has 0 aliphatic rings. The summed E-state index contributed by atoms with van der Waals surface area (Å²) in [5.41, 5.74) is 4.09. The summed E-state index contributed by atoms with van der Waals surface area (Å²) >= 11 is 0. The van der Waals surface area contributed by atoms with Crippen molar-refractivity contribution in [3.63, 3.8) is 0 Å². The summed E-state index contributed by atoms with van der Waals surface area (Å²) < 4.78 is 5.17. The normalized spacial score (nSPS) is 8.86. The minimum Gasteiger partial charge on any atom is -0.508 e. The van der Waals surface area contributed by atoms with Gasteiger partial charge in [0.2, 0.25) is 0 Å². The van der Waals surface area contributed by atoms with Gasteiger partial charge in [-0.15, -0.1) is 0 Å². The number of phenolic OH excluding ortho intramolecular Hbond substituents is 4. The Balaban J connectivity index is -0.000000636. The third-order valence-electron chi connectivity index (χ3n) is 5.82. The smallest absolute Gasteiger partial charge is 0.306 e. The van der Waals surface area contributed by atoms with E-state index >= 15 is 0 Å². The zero-order chi connectivity index (χ0) is 37.9. The van der Waals surface area contributed by atoms with E-state index in [1.807, 2.05) is 55.4 Å². The molecular formula is C41H62O8. The minimum absolute atomic E-state index is 0.158. The van der Waals surface area contributed by atoms with Crippen LogP contribution in [0, 0.1) is 0 Å². The van der Waals surface area contributed by atoms with Gasteiger partial charge in [0, 0.05) is 26.1 Å². The van der Waals surface area contributed by atoms with Gasteiger partial charge < -0.3 is 35.4 Å². The van der Waals surface area contributed by atoms with Gasteiger partial charge in [0.05, 0.1) is 6.61 Å². The molecule has 4 aromatic rings. The molecule has 8 nitrogen and oxygen atoms in total. The monoisotopic (exact) mass is 682 g/mol. The van der Waals surface area contributed by atoms with Crippen molar-refractivity contribution < 1.29 is 40.2 Å². The van der Waals surface area contributed by atoms with Crippen LogP contribution in [0.5, 0.6) is 23.0 Å². The van der Waals surface area contributed by atoms with Crippen LogP contribution in [0.4, 0.5) is 0 Å². The van der Waals surface area contributed by atoms with Gasteiger partial charge in [-0.3, -0.25) is 4.79 Å². The molecule has 4 aromatic carbocycles. The molecule has 0 aliphatic heterocycles. The highest BCUT2D eigenvalue weighted by Gasteiger charge is 2.04. The molecule has 0 bridgehead atoms. The lowest BCUT2D eigenvalue weighted by Crippen LogP contribution is -2.08. The largest absolute Gasteiger partial charge is 0.508 e. The maximum absolute atomic E-state index is 11.6. The Bertz CT molecular complexity index is 1210. The number of rotatable bonds is 10. The number of hydrogen-bond acceptors (Lipinski definition) is 8. The van der Waals surface area contributed by atoms with E-state index in [1.54, 1.807) is 97.1 Å². The molecule has 0 radical (unpaired) electrons. The lowest BCUT2D eigenvalue weighted by Gasteiger charge is -2.05. The van der Waals surface area contributed by atoms with Gasteiger partial charge in [0.1, 0.15) is 23.0 Å². The SMILES string of the molecule is CC.CC.CC.CC.O=C(CCc1ccc(O)cc1)OCCc1ccc(O)cc1.OCCc1ccc(O)cc1.OCCc1ccc(O)cc1. The Morgan fingerprint density at radius 3 is 0.939 bits per heavy atom. The molecule has 0 saturated carbocycles. The molecule has 0 aliphatic carbocycles. The molecule has 0 saturated heterocycles. The second kappa shape index (κ2) is 34.8. The van der Waals surface area contributed by atoms with E-state index < -0.39 is 0 Å². The van der Waals surface area contributed by atoms with E-state index in [2.05, 4.69) is 0 Å². The van der Waals surface area contributed by atoms with E-state index in [9.17, 15) is 4.79 Å². The quantitative estimate of drug-likeness (QED) is 0.0910. The Labute approximate surface area is 295 Å². The van der Waals surface area contributed by atoms with Crippen molar-refractivity contribution in [3.8, 4) is 23.0 Å². The van der Waals surface area contributed by atoms with Crippen molar-refractivity contribution in [1.82, 2.24) is 0 Å². The first-order valence-corrected chi connectivity index (χ1v) is 17.3. The van der Waals surface area contributed by atoms with Crippen LogP contribution in [0.1, 0.15) is 84.1 Å². The zero-order valence-corrected chi connectivity index (χ0v) is 30.9.